The first-order valence-corrected chi connectivity index (χ1v) is 7.50. The van der Waals surface area contributed by atoms with Gasteiger partial charge in [-0.05, 0) is 42.7 Å². The van der Waals surface area contributed by atoms with Gasteiger partial charge >= 0.3 is 5.97 Å². The number of carbonyl (C=O) groups excluding carboxylic acids is 1. The summed E-state index contributed by atoms with van der Waals surface area (Å²) in [6.45, 7) is 5.21. The van der Waals surface area contributed by atoms with E-state index in [2.05, 4.69) is 6.07 Å². The smallest absolute Gasteiger partial charge is 0.308 e. The van der Waals surface area contributed by atoms with Crippen molar-refractivity contribution >= 4 is 5.97 Å². The van der Waals surface area contributed by atoms with Crippen molar-refractivity contribution in [2.24, 2.45) is 0 Å². The van der Waals surface area contributed by atoms with Crippen LogP contribution < -0.4 is 9.47 Å². The molecule has 0 saturated carbocycles. The minimum Gasteiger partial charge on any atom is -0.467 e. The second kappa shape index (κ2) is 8.14. The molecule has 0 saturated heterocycles. The summed E-state index contributed by atoms with van der Waals surface area (Å²) < 4.78 is 16.1. The molecule has 0 aliphatic carbocycles. The van der Waals surface area contributed by atoms with Gasteiger partial charge in [-0.15, -0.1) is 0 Å². The van der Waals surface area contributed by atoms with E-state index in [0.717, 1.165) is 16.9 Å². The Morgan fingerprint density at radius 2 is 1.75 bits per heavy atom. The predicted octanol–water partition coefficient (Wildman–Crippen LogP) is 3.85. The highest BCUT2D eigenvalue weighted by atomic mass is 16.7. The summed E-state index contributed by atoms with van der Waals surface area (Å²) in [6.07, 6.45) is -0.763. The Labute approximate surface area is 141 Å². The molecule has 0 bridgehead atoms. The Morgan fingerprint density at radius 1 is 1.12 bits per heavy atom. The van der Waals surface area contributed by atoms with Crippen LogP contribution in [0.4, 0.5) is 0 Å². The monoisotopic (exact) mass is 325 g/mol. The Morgan fingerprint density at radius 3 is 2.29 bits per heavy atom. The largest absolute Gasteiger partial charge is 0.467 e. The number of hydrogen-bond donors (Lipinski definition) is 0. The van der Waals surface area contributed by atoms with Crippen LogP contribution in [-0.2, 0) is 9.53 Å². The summed E-state index contributed by atoms with van der Waals surface area (Å²) in [5.41, 5.74) is 2.69. The number of nitrogens with zero attached hydrogens (tertiary/aromatic N) is 1. The Bertz CT molecular complexity index is 727. The zero-order chi connectivity index (χ0) is 17.5. The molecule has 1 atom stereocenters. The van der Waals surface area contributed by atoms with E-state index in [-0.39, 0.29) is 6.79 Å². The highest BCUT2D eigenvalue weighted by Gasteiger charge is 2.12. The Balaban J connectivity index is 1.97. The molecule has 0 heterocycles. The van der Waals surface area contributed by atoms with E-state index in [1.807, 2.05) is 32.0 Å². The lowest BCUT2D eigenvalue weighted by atomic mass is 10.1. The lowest BCUT2D eigenvalue weighted by Crippen LogP contribution is -2.09. The van der Waals surface area contributed by atoms with Crippen molar-refractivity contribution in [3.05, 3.63) is 59.2 Å². The van der Waals surface area contributed by atoms with Gasteiger partial charge < -0.3 is 14.2 Å². The fourth-order valence-corrected chi connectivity index (χ4v) is 2.27. The van der Waals surface area contributed by atoms with Crippen LogP contribution in [0, 0.1) is 25.2 Å². The van der Waals surface area contributed by atoms with Gasteiger partial charge in [-0.25, -0.2) is 0 Å². The molecular formula is C19H19NO4. The third-order valence-electron chi connectivity index (χ3n) is 3.41. The number of esters is 1. The molecule has 1 unspecified atom stereocenters. The molecule has 2 aromatic rings. The topological polar surface area (TPSA) is 68.6 Å². The molecule has 0 N–H and O–H groups in total. The minimum absolute atomic E-state index is 0.0321. The predicted molar refractivity (Wildman–Crippen MR) is 88.6 cm³/mol. The first kappa shape index (κ1) is 17.5. The normalized spacial score (nSPS) is 11.4. The molecule has 0 fully saturated rings. The minimum atomic E-state index is -0.763. The summed E-state index contributed by atoms with van der Waals surface area (Å²) in [6, 6.07) is 14.6. The van der Waals surface area contributed by atoms with E-state index in [1.54, 1.807) is 24.3 Å². The second-order valence-corrected chi connectivity index (χ2v) is 5.32. The highest BCUT2D eigenvalue weighted by molar-refractivity contribution is 5.69. The SMILES string of the molecule is CC(=O)Oc1ccc(C(C#N)OCOc2c(C)cccc2C)cc1. The fourth-order valence-electron chi connectivity index (χ4n) is 2.27. The van der Waals surface area contributed by atoms with E-state index in [9.17, 15) is 10.1 Å². The van der Waals surface area contributed by atoms with Gasteiger partial charge in [0.1, 0.15) is 11.5 Å². The molecule has 5 nitrogen and oxygen atoms in total. The maximum Gasteiger partial charge on any atom is 0.308 e. The van der Waals surface area contributed by atoms with Gasteiger partial charge in [0.15, 0.2) is 12.9 Å². The number of para-hydroxylation sites is 1. The van der Waals surface area contributed by atoms with Crippen LogP contribution in [0.15, 0.2) is 42.5 Å². The maximum absolute atomic E-state index is 10.9. The number of rotatable bonds is 6. The highest BCUT2D eigenvalue weighted by Crippen LogP contribution is 2.24. The molecule has 124 valence electrons. The zero-order valence-electron chi connectivity index (χ0n) is 13.9. The van der Waals surface area contributed by atoms with Crippen LogP contribution in [0.2, 0.25) is 0 Å². The summed E-state index contributed by atoms with van der Waals surface area (Å²) in [5, 5.41) is 9.28. The summed E-state index contributed by atoms with van der Waals surface area (Å²) in [4.78, 5) is 10.9. The van der Waals surface area contributed by atoms with Crippen LogP contribution in [-0.4, -0.2) is 12.8 Å². The van der Waals surface area contributed by atoms with Gasteiger partial charge in [-0.3, -0.25) is 4.79 Å². The van der Waals surface area contributed by atoms with Crippen molar-refractivity contribution in [2.75, 3.05) is 6.79 Å². The van der Waals surface area contributed by atoms with E-state index >= 15 is 0 Å². The van der Waals surface area contributed by atoms with Crippen LogP contribution in [0.5, 0.6) is 11.5 Å². The standard InChI is InChI=1S/C19H19NO4/c1-13-5-4-6-14(2)19(13)23-12-22-18(11-20)16-7-9-17(10-8-16)24-15(3)21/h4-10,18H,12H2,1-3H3. The van der Waals surface area contributed by atoms with Crippen molar-refractivity contribution in [2.45, 2.75) is 26.9 Å². The average Bonchev–Trinajstić information content (AvgIpc) is 2.54. The first-order chi connectivity index (χ1) is 11.5. The zero-order valence-corrected chi connectivity index (χ0v) is 13.9. The van der Waals surface area contributed by atoms with E-state index < -0.39 is 12.1 Å². The van der Waals surface area contributed by atoms with Gasteiger partial charge in [0.25, 0.3) is 0 Å². The van der Waals surface area contributed by atoms with E-state index in [0.29, 0.717) is 11.3 Å². The van der Waals surface area contributed by atoms with Crippen LogP contribution >= 0.6 is 0 Å². The molecule has 0 spiro atoms. The number of carbonyl (C=O) groups is 1. The Hall–Kier alpha value is -2.84. The van der Waals surface area contributed by atoms with Gasteiger partial charge in [-0.1, -0.05) is 30.3 Å². The molecule has 0 aliphatic heterocycles. The summed E-state index contributed by atoms with van der Waals surface area (Å²) >= 11 is 0. The maximum atomic E-state index is 10.9. The molecule has 0 amide bonds. The molecule has 0 aliphatic rings. The van der Waals surface area contributed by atoms with Crippen LogP contribution in [0.1, 0.15) is 29.7 Å². The molecule has 2 rings (SSSR count). The summed E-state index contributed by atoms with van der Waals surface area (Å²) in [7, 11) is 0. The Kier molecular flexibility index (Phi) is 5.94. The molecule has 0 aromatic heterocycles. The molecular weight excluding hydrogens is 306 g/mol. The summed E-state index contributed by atoms with van der Waals surface area (Å²) in [5.74, 6) is 0.798. The molecule has 2 aromatic carbocycles. The number of ether oxygens (including phenoxy) is 3. The van der Waals surface area contributed by atoms with Crippen molar-refractivity contribution in [3.8, 4) is 17.6 Å². The average molecular weight is 325 g/mol. The first-order valence-electron chi connectivity index (χ1n) is 7.50. The lowest BCUT2D eigenvalue weighted by Gasteiger charge is -2.15. The van der Waals surface area contributed by atoms with Gasteiger partial charge in [0.2, 0.25) is 0 Å². The third-order valence-corrected chi connectivity index (χ3v) is 3.41. The lowest BCUT2D eigenvalue weighted by molar-refractivity contribution is -0.131. The van der Waals surface area contributed by atoms with Crippen molar-refractivity contribution in [1.82, 2.24) is 0 Å². The van der Waals surface area contributed by atoms with Gasteiger partial charge in [-0.2, -0.15) is 5.26 Å². The molecule has 5 heteroatoms. The van der Waals surface area contributed by atoms with Crippen molar-refractivity contribution in [1.29, 1.82) is 5.26 Å². The third kappa shape index (κ3) is 4.58. The van der Waals surface area contributed by atoms with Gasteiger partial charge in [0.05, 0.1) is 6.07 Å². The number of aryl methyl sites for hydroxylation is 2. The molecule has 0 radical (unpaired) electrons. The number of nitriles is 1. The number of hydrogen-bond acceptors (Lipinski definition) is 5. The van der Waals surface area contributed by atoms with Crippen LogP contribution in [0.3, 0.4) is 0 Å². The van der Waals surface area contributed by atoms with E-state index in [4.69, 9.17) is 14.2 Å². The fraction of sp³-hybridized carbons (Fsp3) is 0.263. The number of benzene rings is 2. The van der Waals surface area contributed by atoms with Crippen molar-refractivity contribution < 1.29 is 19.0 Å². The van der Waals surface area contributed by atoms with Gasteiger partial charge in [0, 0.05) is 6.92 Å². The molecule has 24 heavy (non-hydrogen) atoms. The van der Waals surface area contributed by atoms with Crippen LogP contribution in [0.25, 0.3) is 0 Å². The van der Waals surface area contributed by atoms with Crippen molar-refractivity contribution in [3.63, 3.8) is 0 Å². The van der Waals surface area contributed by atoms with E-state index in [1.165, 1.54) is 6.92 Å². The quantitative estimate of drug-likeness (QED) is 0.458. The second-order valence-electron chi connectivity index (χ2n) is 5.32.